The molecule has 6 nitrogen and oxygen atoms in total. The largest absolute Gasteiger partial charge is 0.492 e. The summed E-state index contributed by atoms with van der Waals surface area (Å²) in [6.45, 7) is 2.22. The fourth-order valence-corrected chi connectivity index (χ4v) is 2.31. The summed E-state index contributed by atoms with van der Waals surface area (Å²) < 4.78 is 5.53. The molecule has 1 aliphatic heterocycles. The van der Waals surface area contributed by atoms with Crippen molar-refractivity contribution >= 4 is 11.7 Å². The van der Waals surface area contributed by atoms with E-state index in [1.807, 2.05) is 31.2 Å². The summed E-state index contributed by atoms with van der Waals surface area (Å²) in [5, 5.41) is 11.5. The lowest BCUT2D eigenvalue weighted by Crippen LogP contribution is -2.40. The molecule has 1 aromatic rings. The normalized spacial score (nSPS) is 19.1. The summed E-state index contributed by atoms with van der Waals surface area (Å²) >= 11 is 0. The first kappa shape index (κ1) is 14.2. The van der Waals surface area contributed by atoms with Crippen LogP contribution in [0.15, 0.2) is 29.4 Å². The number of oxime groups is 1. The molecule has 0 saturated carbocycles. The predicted octanol–water partition coefficient (Wildman–Crippen LogP) is 1.15. The molecule has 0 fully saturated rings. The number of amides is 1. The smallest absolute Gasteiger partial charge is 0.233 e. The Morgan fingerprint density at radius 3 is 3.00 bits per heavy atom. The average molecular weight is 277 g/mol. The Balaban J connectivity index is 2.09. The highest BCUT2D eigenvalue weighted by Crippen LogP contribution is 2.34. The molecule has 1 aliphatic rings. The average Bonchev–Trinajstić information content (AvgIpc) is 2.89. The Morgan fingerprint density at radius 1 is 1.60 bits per heavy atom. The van der Waals surface area contributed by atoms with E-state index in [-0.39, 0.29) is 23.7 Å². The van der Waals surface area contributed by atoms with Crippen molar-refractivity contribution in [1.29, 1.82) is 0 Å². The molecule has 1 amide bonds. The summed E-state index contributed by atoms with van der Waals surface area (Å²) in [5.41, 5.74) is 6.40. The SMILES string of the molecule is CC(CC(N)=NO)N(C)C(=O)C1COc2ccccc21. The molecular formula is C14H19N3O3. The monoisotopic (exact) mass is 277 g/mol. The van der Waals surface area contributed by atoms with Crippen LogP contribution in [0.2, 0.25) is 0 Å². The topological polar surface area (TPSA) is 88.2 Å². The summed E-state index contributed by atoms with van der Waals surface area (Å²) in [6.07, 6.45) is 0.327. The number of carbonyl (C=O) groups is 1. The molecule has 6 heteroatoms. The van der Waals surface area contributed by atoms with Gasteiger partial charge in [-0.05, 0) is 13.0 Å². The van der Waals surface area contributed by atoms with Crippen molar-refractivity contribution in [3.8, 4) is 5.75 Å². The molecule has 20 heavy (non-hydrogen) atoms. The molecular weight excluding hydrogens is 258 g/mol. The van der Waals surface area contributed by atoms with Gasteiger partial charge in [0.2, 0.25) is 5.91 Å². The van der Waals surface area contributed by atoms with Gasteiger partial charge in [-0.2, -0.15) is 0 Å². The van der Waals surface area contributed by atoms with Crippen LogP contribution < -0.4 is 10.5 Å². The van der Waals surface area contributed by atoms with Crippen LogP contribution in [0.25, 0.3) is 0 Å². The molecule has 0 saturated heterocycles. The number of likely N-dealkylation sites (N-methyl/N-ethyl adjacent to an activating group) is 1. The summed E-state index contributed by atoms with van der Waals surface area (Å²) in [5.74, 6) is 0.572. The highest BCUT2D eigenvalue weighted by Gasteiger charge is 2.33. The first-order chi connectivity index (χ1) is 9.54. The van der Waals surface area contributed by atoms with Crippen molar-refractivity contribution in [3.05, 3.63) is 29.8 Å². The Kier molecular flexibility index (Phi) is 4.12. The Bertz CT molecular complexity index is 530. The zero-order valence-electron chi connectivity index (χ0n) is 11.6. The highest BCUT2D eigenvalue weighted by atomic mass is 16.5. The number of nitrogens with two attached hydrogens (primary N) is 1. The van der Waals surface area contributed by atoms with Crippen LogP contribution in [-0.2, 0) is 4.79 Å². The first-order valence-electron chi connectivity index (χ1n) is 6.49. The van der Waals surface area contributed by atoms with Gasteiger partial charge in [0.15, 0.2) is 0 Å². The number of hydrogen-bond acceptors (Lipinski definition) is 4. The minimum atomic E-state index is -0.286. The lowest BCUT2D eigenvalue weighted by molar-refractivity contribution is -0.133. The number of rotatable bonds is 4. The van der Waals surface area contributed by atoms with Gasteiger partial charge in [-0.1, -0.05) is 23.4 Å². The number of para-hydroxylation sites is 1. The highest BCUT2D eigenvalue weighted by molar-refractivity contribution is 5.86. The zero-order chi connectivity index (χ0) is 14.7. The minimum Gasteiger partial charge on any atom is -0.492 e. The molecule has 108 valence electrons. The maximum absolute atomic E-state index is 12.5. The van der Waals surface area contributed by atoms with Crippen LogP contribution >= 0.6 is 0 Å². The Hall–Kier alpha value is -2.24. The van der Waals surface area contributed by atoms with Crippen LogP contribution in [-0.4, -0.2) is 41.5 Å². The third-order valence-electron chi connectivity index (χ3n) is 3.64. The van der Waals surface area contributed by atoms with Gasteiger partial charge in [0, 0.05) is 25.1 Å². The van der Waals surface area contributed by atoms with E-state index in [0.717, 1.165) is 11.3 Å². The number of benzene rings is 1. The van der Waals surface area contributed by atoms with E-state index in [2.05, 4.69) is 5.16 Å². The maximum Gasteiger partial charge on any atom is 0.233 e. The van der Waals surface area contributed by atoms with Gasteiger partial charge >= 0.3 is 0 Å². The van der Waals surface area contributed by atoms with E-state index >= 15 is 0 Å². The number of hydrogen-bond donors (Lipinski definition) is 2. The first-order valence-corrected chi connectivity index (χ1v) is 6.49. The number of carbonyl (C=O) groups excluding carboxylic acids is 1. The van der Waals surface area contributed by atoms with Gasteiger partial charge in [0.1, 0.15) is 24.1 Å². The minimum absolute atomic E-state index is 0.0202. The van der Waals surface area contributed by atoms with Gasteiger partial charge in [0.05, 0.1) is 0 Å². The van der Waals surface area contributed by atoms with Crippen molar-refractivity contribution in [2.45, 2.75) is 25.3 Å². The van der Waals surface area contributed by atoms with E-state index in [0.29, 0.717) is 13.0 Å². The van der Waals surface area contributed by atoms with Crippen LogP contribution in [0.1, 0.15) is 24.8 Å². The number of ether oxygens (including phenoxy) is 1. The van der Waals surface area contributed by atoms with Crippen molar-refractivity contribution in [3.63, 3.8) is 0 Å². The summed E-state index contributed by atoms with van der Waals surface area (Å²) in [4.78, 5) is 14.1. The van der Waals surface area contributed by atoms with Crippen molar-refractivity contribution in [2.24, 2.45) is 10.9 Å². The van der Waals surface area contributed by atoms with Gasteiger partial charge in [-0.15, -0.1) is 0 Å². The number of fused-ring (bicyclic) bond motifs is 1. The molecule has 0 radical (unpaired) electrons. The van der Waals surface area contributed by atoms with E-state index in [4.69, 9.17) is 15.7 Å². The second-order valence-electron chi connectivity index (χ2n) is 5.00. The van der Waals surface area contributed by atoms with E-state index in [1.54, 1.807) is 11.9 Å². The van der Waals surface area contributed by atoms with Crippen molar-refractivity contribution in [1.82, 2.24) is 4.90 Å². The molecule has 0 aliphatic carbocycles. The molecule has 0 aromatic heterocycles. The summed E-state index contributed by atoms with van der Waals surface area (Å²) in [6, 6.07) is 7.41. The quantitative estimate of drug-likeness (QED) is 0.374. The molecule has 2 rings (SSSR count). The van der Waals surface area contributed by atoms with E-state index < -0.39 is 0 Å². The standard InChI is InChI=1S/C14H19N3O3/c1-9(7-13(15)16-19)17(2)14(18)11-8-20-12-6-4-3-5-10(11)12/h3-6,9,11,19H,7-8H2,1-2H3,(H2,15,16). The molecule has 2 unspecified atom stereocenters. The fourth-order valence-electron chi connectivity index (χ4n) is 2.31. The Morgan fingerprint density at radius 2 is 2.30 bits per heavy atom. The number of nitrogens with zero attached hydrogens (tertiary/aromatic N) is 2. The predicted molar refractivity (Wildman–Crippen MR) is 74.9 cm³/mol. The van der Waals surface area contributed by atoms with Crippen LogP contribution in [0.5, 0.6) is 5.75 Å². The molecule has 2 atom stereocenters. The fraction of sp³-hybridized carbons (Fsp3) is 0.429. The molecule has 0 bridgehead atoms. The van der Waals surface area contributed by atoms with Gasteiger partial charge < -0.3 is 20.6 Å². The van der Waals surface area contributed by atoms with Crippen LogP contribution in [0.3, 0.4) is 0 Å². The van der Waals surface area contributed by atoms with Crippen LogP contribution in [0.4, 0.5) is 0 Å². The van der Waals surface area contributed by atoms with Gasteiger partial charge in [-0.3, -0.25) is 4.79 Å². The summed E-state index contributed by atoms with van der Waals surface area (Å²) in [7, 11) is 1.72. The third kappa shape index (κ3) is 2.68. The van der Waals surface area contributed by atoms with E-state index in [9.17, 15) is 4.79 Å². The second kappa shape index (κ2) is 5.81. The van der Waals surface area contributed by atoms with Gasteiger partial charge in [-0.25, -0.2) is 0 Å². The molecule has 1 aromatic carbocycles. The zero-order valence-corrected chi connectivity index (χ0v) is 11.6. The lowest BCUT2D eigenvalue weighted by atomic mass is 9.99. The van der Waals surface area contributed by atoms with Crippen LogP contribution in [0, 0.1) is 0 Å². The third-order valence-corrected chi connectivity index (χ3v) is 3.64. The van der Waals surface area contributed by atoms with Crippen molar-refractivity contribution in [2.75, 3.05) is 13.7 Å². The number of amidine groups is 1. The van der Waals surface area contributed by atoms with E-state index in [1.165, 1.54) is 0 Å². The lowest BCUT2D eigenvalue weighted by Gasteiger charge is -2.26. The van der Waals surface area contributed by atoms with Crippen molar-refractivity contribution < 1.29 is 14.7 Å². The van der Waals surface area contributed by atoms with Gasteiger partial charge in [0.25, 0.3) is 0 Å². The maximum atomic E-state index is 12.5. The molecule has 0 spiro atoms. The second-order valence-corrected chi connectivity index (χ2v) is 5.00. The molecule has 1 heterocycles. The Labute approximate surface area is 117 Å². The molecule has 3 N–H and O–H groups in total.